The minimum absolute atomic E-state index is 0.0110. The first-order valence-electron chi connectivity index (χ1n) is 8.52. The van der Waals surface area contributed by atoms with Crippen LogP contribution in [0.2, 0.25) is 0 Å². The minimum atomic E-state index is -2.92. The Morgan fingerprint density at radius 1 is 1.40 bits per heavy atom. The van der Waals surface area contributed by atoms with Gasteiger partial charge < -0.3 is 20.5 Å². The topological polar surface area (TPSA) is 73.6 Å². The minimum Gasteiger partial charge on any atom is -0.493 e. The highest BCUT2D eigenvalue weighted by Gasteiger charge is 2.37. The summed E-state index contributed by atoms with van der Waals surface area (Å²) in [5, 5.41) is 2.91. The Morgan fingerprint density at radius 3 is 2.80 bits per heavy atom. The van der Waals surface area contributed by atoms with Gasteiger partial charge in [-0.2, -0.15) is 8.78 Å². The van der Waals surface area contributed by atoms with E-state index in [0.717, 1.165) is 31.2 Å². The Hall–Kier alpha value is -1.89. The van der Waals surface area contributed by atoms with E-state index < -0.39 is 12.2 Å². The van der Waals surface area contributed by atoms with Gasteiger partial charge in [0.2, 0.25) is 5.91 Å². The third kappa shape index (κ3) is 5.29. The Morgan fingerprint density at radius 2 is 2.16 bits per heavy atom. The predicted octanol–water partition coefficient (Wildman–Crippen LogP) is 2.86. The molecule has 0 bridgehead atoms. The molecule has 2 atom stereocenters. The summed E-state index contributed by atoms with van der Waals surface area (Å²) < 4.78 is 34.4. The van der Waals surface area contributed by atoms with Crippen LogP contribution in [0.3, 0.4) is 0 Å². The van der Waals surface area contributed by atoms with Crippen LogP contribution in [0, 0.1) is 5.92 Å². The maximum absolute atomic E-state index is 12.5. The molecule has 1 aliphatic carbocycles. The second-order valence-electron chi connectivity index (χ2n) is 6.71. The van der Waals surface area contributed by atoms with E-state index in [1.165, 1.54) is 13.2 Å². The number of nitrogens with one attached hydrogen (secondary N) is 1. The highest BCUT2D eigenvalue weighted by molar-refractivity contribution is 5.80. The van der Waals surface area contributed by atoms with Crippen molar-refractivity contribution in [1.29, 1.82) is 0 Å². The number of carbonyl (C=O) groups is 1. The molecule has 1 aromatic carbocycles. The van der Waals surface area contributed by atoms with Gasteiger partial charge in [-0.15, -0.1) is 0 Å². The lowest BCUT2D eigenvalue weighted by atomic mass is 9.74. The summed E-state index contributed by atoms with van der Waals surface area (Å²) in [6.07, 6.45) is 4.21. The second kappa shape index (κ2) is 8.47. The van der Waals surface area contributed by atoms with Gasteiger partial charge in [0.15, 0.2) is 11.5 Å². The van der Waals surface area contributed by atoms with Crippen molar-refractivity contribution in [2.75, 3.05) is 13.7 Å². The number of alkyl halides is 2. The predicted molar refractivity (Wildman–Crippen MR) is 90.9 cm³/mol. The number of hydrogen-bond donors (Lipinski definition) is 2. The van der Waals surface area contributed by atoms with Crippen LogP contribution in [0.1, 0.15) is 38.2 Å². The Balaban J connectivity index is 1.91. The molecule has 0 heterocycles. The lowest BCUT2D eigenvalue weighted by molar-refractivity contribution is -0.128. The summed E-state index contributed by atoms with van der Waals surface area (Å²) in [4.78, 5) is 12.4. The number of nitrogens with two attached hydrogens (primary N) is 1. The molecule has 140 valence electrons. The van der Waals surface area contributed by atoms with E-state index in [0.29, 0.717) is 13.0 Å². The standard InChI is InChI=1S/C18H26F2N2O3/c1-18(21)9-4-3-5-13(18)16(23)22-10-8-12-6-7-14(24-2)15(11-12)25-17(19)20/h6-7,11,13,17H,3-5,8-10,21H2,1-2H3,(H,22,23). The number of carbonyl (C=O) groups excluding carboxylic acids is 1. The summed E-state index contributed by atoms with van der Waals surface area (Å²) in [7, 11) is 1.39. The highest BCUT2D eigenvalue weighted by Crippen LogP contribution is 2.32. The van der Waals surface area contributed by atoms with Crippen LogP contribution >= 0.6 is 0 Å². The number of amides is 1. The number of hydrogen-bond acceptors (Lipinski definition) is 4. The van der Waals surface area contributed by atoms with Crippen molar-refractivity contribution in [3.05, 3.63) is 23.8 Å². The molecule has 2 rings (SSSR count). The Bertz CT molecular complexity index is 594. The van der Waals surface area contributed by atoms with Crippen molar-refractivity contribution in [2.24, 2.45) is 11.7 Å². The molecule has 1 fully saturated rings. The summed E-state index contributed by atoms with van der Waals surface area (Å²) >= 11 is 0. The van der Waals surface area contributed by atoms with E-state index in [-0.39, 0.29) is 23.3 Å². The smallest absolute Gasteiger partial charge is 0.387 e. The zero-order valence-corrected chi connectivity index (χ0v) is 14.7. The lowest BCUT2D eigenvalue weighted by Crippen LogP contribution is -2.53. The molecule has 0 spiro atoms. The summed E-state index contributed by atoms with van der Waals surface area (Å²) in [5.41, 5.74) is 6.54. The zero-order chi connectivity index (χ0) is 18.4. The molecular weight excluding hydrogens is 330 g/mol. The van der Waals surface area contributed by atoms with E-state index in [1.807, 2.05) is 6.92 Å². The van der Waals surface area contributed by atoms with Crippen LogP contribution < -0.4 is 20.5 Å². The van der Waals surface area contributed by atoms with Gasteiger partial charge >= 0.3 is 6.61 Å². The molecule has 1 aliphatic rings. The number of rotatable bonds is 7. The molecule has 0 aromatic heterocycles. The molecule has 0 radical (unpaired) electrons. The molecule has 1 aromatic rings. The first-order chi connectivity index (χ1) is 11.8. The van der Waals surface area contributed by atoms with E-state index in [9.17, 15) is 13.6 Å². The van der Waals surface area contributed by atoms with Gasteiger partial charge in [-0.25, -0.2) is 0 Å². The van der Waals surface area contributed by atoms with Crippen molar-refractivity contribution >= 4 is 5.91 Å². The highest BCUT2D eigenvalue weighted by atomic mass is 19.3. The maximum atomic E-state index is 12.5. The van der Waals surface area contributed by atoms with Crippen LogP contribution in [0.15, 0.2) is 18.2 Å². The first kappa shape index (κ1) is 19.4. The van der Waals surface area contributed by atoms with Gasteiger partial charge in [0.05, 0.1) is 13.0 Å². The lowest BCUT2D eigenvalue weighted by Gasteiger charge is -2.37. The third-order valence-electron chi connectivity index (χ3n) is 4.73. The summed E-state index contributed by atoms with van der Waals surface area (Å²) in [5.74, 6) is 0.00874. The van der Waals surface area contributed by atoms with Crippen LogP contribution in [0.25, 0.3) is 0 Å². The van der Waals surface area contributed by atoms with Gasteiger partial charge in [0.25, 0.3) is 0 Å². The van der Waals surface area contributed by atoms with E-state index in [1.54, 1.807) is 12.1 Å². The van der Waals surface area contributed by atoms with Crippen molar-refractivity contribution in [3.63, 3.8) is 0 Å². The molecule has 2 unspecified atom stereocenters. The van der Waals surface area contributed by atoms with E-state index >= 15 is 0 Å². The van der Waals surface area contributed by atoms with Gasteiger partial charge in [0, 0.05) is 12.1 Å². The Labute approximate surface area is 146 Å². The number of ether oxygens (including phenoxy) is 2. The van der Waals surface area contributed by atoms with Crippen LogP contribution in [-0.4, -0.2) is 31.7 Å². The van der Waals surface area contributed by atoms with Gasteiger partial charge in [-0.1, -0.05) is 18.9 Å². The van der Waals surface area contributed by atoms with Crippen molar-refractivity contribution < 1.29 is 23.0 Å². The van der Waals surface area contributed by atoms with Gasteiger partial charge in [-0.05, 0) is 43.9 Å². The first-order valence-corrected chi connectivity index (χ1v) is 8.52. The SMILES string of the molecule is COc1ccc(CCNC(=O)C2CCCCC2(C)N)cc1OC(F)F. The number of halogens is 2. The van der Waals surface area contributed by atoms with Gasteiger partial charge in [0.1, 0.15) is 0 Å². The number of methoxy groups -OCH3 is 1. The molecular formula is C18H26F2N2O3. The molecule has 3 N–H and O–H groups in total. The second-order valence-corrected chi connectivity index (χ2v) is 6.71. The van der Waals surface area contributed by atoms with Crippen molar-refractivity contribution in [3.8, 4) is 11.5 Å². The molecule has 7 heteroatoms. The third-order valence-corrected chi connectivity index (χ3v) is 4.73. The van der Waals surface area contributed by atoms with Crippen LogP contribution in [0.4, 0.5) is 8.78 Å². The Kier molecular flexibility index (Phi) is 6.58. The average molecular weight is 356 g/mol. The van der Waals surface area contributed by atoms with Gasteiger partial charge in [-0.3, -0.25) is 4.79 Å². The molecule has 25 heavy (non-hydrogen) atoms. The normalized spacial score (nSPS) is 23.4. The fourth-order valence-electron chi connectivity index (χ4n) is 3.31. The summed E-state index contributed by atoms with van der Waals surface area (Å²) in [6.45, 7) is -0.586. The van der Waals surface area contributed by atoms with Crippen LogP contribution in [-0.2, 0) is 11.2 Å². The molecule has 1 amide bonds. The molecule has 5 nitrogen and oxygen atoms in total. The molecule has 0 aliphatic heterocycles. The summed E-state index contributed by atoms with van der Waals surface area (Å²) in [6, 6.07) is 4.84. The fourth-order valence-corrected chi connectivity index (χ4v) is 3.31. The number of benzene rings is 1. The molecule has 0 saturated heterocycles. The molecule has 1 saturated carbocycles. The van der Waals surface area contributed by atoms with Crippen LogP contribution in [0.5, 0.6) is 11.5 Å². The largest absolute Gasteiger partial charge is 0.493 e. The zero-order valence-electron chi connectivity index (χ0n) is 14.7. The van der Waals surface area contributed by atoms with E-state index in [4.69, 9.17) is 10.5 Å². The van der Waals surface area contributed by atoms with E-state index in [2.05, 4.69) is 10.1 Å². The van der Waals surface area contributed by atoms with Crippen molar-refractivity contribution in [2.45, 2.75) is 51.2 Å². The monoisotopic (exact) mass is 356 g/mol. The fraction of sp³-hybridized carbons (Fsp3) is 0.611. The van der Waals surface area contributed by atoms with Crippen molar-refractivity contribution in [1.82, 2.24) is 5.32 Å². The average Bonchev–Trinajstić information content (AvgIpc) is 2.54. The maximum Gasteiger partial charge on any atom is 0.387 e. The quantitative estimate of drug-likeness (QED) is 0.788.